The zero-order valence-electron chi connectivity index (χ0n) is 13.5. The maximum absolute atomic E-state index is 12.5. The maximum atomic E-state index is 12.5. The van der Waals surface area contributed by atoms with Crippen molar-refractivity contribution in [2.45, 2.75) is 13.0 Å². The Morgan fingerprint density at radius 1 is 1.23 bits per heavy atom. The van der Waals surface area contributed by atoms with Crippen LogP contribution in [0.3, 0.4) is 0 Å². The minimum absolute atomic E-state index is 0.234. The number of hydrogen-bond donors (Lipinski definition) is 1. The minimum Gasteiger partial charge on any atom is -0.342 e. The van der Waals surface area contributed by atoms with Crippen molar-refractivity contribution >= 4 is 37.8 Å². The molecule has 0 aliphatic rings. The van der Waals surface area contributed by atoms with Crippen LogP contribution in [0, 0.1) is 11.3 Å². The Morgan fingerprint density at radius 2 is 1.96 bits per heavy atom. The number of carbonyl (C=O) groups excluding carboxylic acids is 1. The molecule has 1 amide bonds. The summed E-state index contributed by atoms with van der Waals surface area (Å²) < 4.78 is 3.13. The van der Waals surface area contributed by atoms with Gasteiger partial charge >= 0.3 is 0 Å². The van der Waals surface area contributed by atoms with Gasteiger partial charge in [0.2, 0.25) is 0 Å². The van der Waals surface area contributed by atoms with E-state index in [-0.39, 0.29) is 5.91 Å². The molecule has 9 heteroatoms. The summed E-state index contributed by atoms with van der Waals surface area (Å²) in [6.45, 7) is 1.81. The molecule has 0 fully saturated rings. The van der Waals surface area contributed by atoms with Crippen molar-refractivity contribution in [3.8, 4) is 11.9 Å². The molecule has 2 aromatic heterocycles. The third kappa shape index (κ3) is 3.98. The third-order valence-corrected chi connectivity index (χ3v) is 4.44. The summed E-state index contributed by atoms with van der Waals surface area (Å²) in [5.41, 5.74) is 0.970. The van der Waals surface area contributed by atoms with Gasteiger partial charge in [-0.1, -0.05) is 31.9 Å². The summed E-state index contributed by atoms with van der Waals surface area (Å²) >= 11 is 6.74. The van der Waals surface area contributed by atoms with E-state index >= 15 is 0 Å². The first-order valence-corrected chi connectivity index (χ1v) is 9.10. The van der Waals surface area contributed by atoms with E-state index in [0.717, 1.165) is 8.95 Å². The number of benzene rings is 1. The van der Waals surface area contributed by atoms with E-state index in [1.54, 1.807) is 24.3 Å². The van der Waals surface area contributed by atoms with Gasteiger partial charge in [-0.25, -0.2) is 9.97 Å². The lowest BCUT2D eigenvalue weighted by Crippen LogP contribution is -2.28. The Labute approximate surface area is 166 Å². The van der Waals surface area contributed by atoms with Gasteiger partial charge in [0.15, 0.2) is 11.6 Å². The van der Waals surface area contributed by atoms with Gasteiger partial charge in [0, 0.05) is 20.7 Å². The second-order valence-electron chi connectivity index (χ2n) is 5.40. The Morgan fingerprint density at radius 3 is 2.58 bits per heavy atom. The number of halogens is 2. The van der Waals surface area contributed by atoms with Crippen molar-refractivity contribution in [1.82, 2.24) is 25.1 Å². The van der Waals surface area contributed by atoms with Crippen LogP contribution in [-0.4, -0.2) is 25.7 Å². The molecule has 1 N–H and O–H groups in total. The zero-order valence-corrected chi connectivity index (χ0v) is 16.7. The standard InChI is InChI=1S/C17H12Br2N6O/c1-10(24-17(26)12-4-13(18)6-14(19)5-12)16-22-9-23-25(16)15-3-2-11(7-20)8-21-15/h2-6,8-10H,1H3,(H,24,26)/t10-/m0/s1. The molecule has 130 valence electrons. The van der Waals surface area contributed by atoms with Crippen molar-refractivity contribution in [1.29, 1.82) is 5.26 Å². The molecule has 1 aromatic carbocycles. The highest BCUT2D eigenvalue weighted by molar-refractivity contribution is 9.11. The zero-order chi connectivity index (χ0) is 18.7. The van der Waals surface area contributed by atoms with E-state index in [1.165, 1.54) is 17.2 Å². The number of pyridine rings is 1. The number of carbonyl (C=O) groups is 1. The van der Waals surface area contributed by atoms with E-state index in [9.17, 15) is 4.79 Å². The van der Waals surface area contributed by atoms with Crippen LogP contribution < -0.4 is 5.32 Å². The van der Waals surface area contributed by atoms with Gasteiger partial charge in [-0.3, -0.25) is 4.79 Å². The molecule has 0 aliphatic carbocycles. The fraction of sp³-hybridized carbons (Fsp3) is 0.118. The summed E-state index contributed by atoms with van der Waals surface area (Å²) in [5.74, 6) is 0.814. The van der Waals surface area contributed by atoms with E-state index in [1.807, 2.05) is 19.1 Å². The summed E-state index contributed by atoms with van der Waals surface area (Å²) in [6, 6.07) is 10.3. The van der Waals surface area contributed by atoms with Gasteiger partial charge in [-0.05, 0) is 37.3 Å². The van der Waals surface area contributed by atoms with Gasteiger partial charge in [0.05, 0.1) is 11.6 Å². The van der Waals surface area contributed by atoms with Crippen molar-refractivity contribution in [3.05, 3.63) is 68.8 Å². The predicted octanol–water partition coefficient (Wildman–Crippen LogP) is 3.55. The van der Waals surface area contributed by atoms with Gasteiger partial charge < -0.3 is 5.32 Å². The van der Waals surface area contributed by atoms with E-state index < -0.39 is 6.04 Å². The molecule has 26 heavy (non-hydrogen) atoms. The average Bonchev–Trinajstić information content (AvgIpc) is 3.10. The normalized spacial score (nSPS) is 11.6. The fourth-order valence-corrected chi connectivity index (χ4v) is 3.62. The molecule has 2 heterocycles. The van der Waals surface area contributed by atoms with Crippen LogP contribution in [0.5, 0.6) is 0 Å². The number of nitrogens with zero attached hydrogens (tertiary/aromatic N) is 5. The molecule has 0 unspecified atom stereocenters. The molecular weight excluding hydrogens is 464 g/mol. The Hall–Kier alpha value is -2.57. The van der Waals surface area contributed by atoms with Crippen molar-refractivity contribution in [2.24, 2.45) is 0 Å². The molecule has 0 saturated carbocycles. The first-order valence-electron chi connectivity index (χ1n) is 7.51. The molecule has 0 bridgehead atoms. The number of aromatic nitrogens is 4. The Balaban J connectivity index is 1.82. The SMILES string of the molecule is C[C@H](NC(=O)c1cc(Br)cc(Br)c1)c1ncnn1-c1ccc(C#N)cn1. The van der Waals surface area contributed by atoms with Gasteiger partial charge in [-0.15, -0.1) is 0 Å². The second-order valence-corrected chi connectivity index (χ2v) is 7.23. The summed E-state index contributed by atoms with van der Waals surface area (Å²) in [6.07, 6.45) is 2.86. The van der Waals surface area contributed by atoms with Crippen LogP contribution in [0.25, 0.3) is 5.82 Å². The minimum atomic E-state index is -0.403. The molecular formula is C17H12Br2N6O. The van der Waals surface area contributed by atoms with Gasteiger partial charge in [0.1, 0.15) is 12.4 Å². The highest BCUT2D eigenvalue weighted by Crippen LogP contribution is 2.21. The fourth-order valence-electron chi connectivity index (χ4n) is 2.33. The largest absolute Gasteiger partial charge is 0.342 e. The highest BCUT2D eigenvalue weighted by atomic mass is 79.9. The highest BCUT2D eigenvalue weighted by Gasteiger charge is 2.18. The smallest absolute Gasteiger partial charge is 0.251 e. The lowest BCUT2D eigenvalue weighted by molar-refractivity contribution is 0.0937. The van der Waals surface area contributed by atoms with Gasteiger partial charge in [0.25, 0.3) is 5.91 Å². The van der Waals surface area contributed by atoms with Crippen molar-refractivity contribution < 1.29 is 4.79 Å². The van der Waals surface area contributed by atoms with Crippen LogP contribution in [0.15, 0.2) is 51.8 Å². The Kier molecular flexibility index (Phi) is 5.44. The first-order chi connectivity index (χ1) is 12.5. The molecule has 0 spiro atoms. The lowest BCUT2D eigenvalue weighted by Gasteiger charge is -2.14. The molecule has 7 nitrogen and oxygen atoms in total. The maximum Gasteiger partial charge on any atom is 0.251 e. The predicted molar refractivity (Wildman–Crippen MR) is 102 cm³/mol. The summed E-state index contributed by atoms with van der Waals surface area (Å²) in [7, 11) is 0. The Bertz CT molecular complexity index is 973. The van der Waals surface area contributed by atoms with E-state index in [2.05, 4.69) is 52.2 Å². The number of amides is 1. The topological polar surface area (TPSA) is 96.5 Å². The number of hydrogen-bond acceptors (Lipinski definition) is 5. The number of nitriles is 1. The van der Waals surface area contributed by atoms with E-state index in [0.29, 0.717) is 22.8 Å². The van der Waals surface area contributed by atoms with Crippen LogP contribution in [0.1, 0.15) is 34.7 Å². The number of rotatable bonds is 4. The van der Waals surface area contributed by atoms with Crippen LogP contribution in [0.2, 0.25) is 0 Å². The number of nitrogens with one attached hydrogen (secondary N) is 1. The molecule has 1 atom stereocenters. The van der Waals surface area contributed by atoms with Crippen molar-refractivity contribution in [2.75, 3.05) is 0 Å². The third-order valence-electron chi connectivity index (χ3n) is 3.53. The van der Waals surface area contributed by atoms with Crippen LogP contribution in [-0.2, 0) is 0 Å². The molecule has 0 aliphatic heterocycles. The van der Waals surface area contributed by atoms with E-state index in [4.69, 9.17) is 5.26 Å². The molecule has 0 saturated heterocycles. The second kappa shape index (κ2) is 7.76. The summed E-state index contributed by atoms with van der Waals surface area (Å²) in [5, 5.41) is 15.9. The van der Waals surface area contributed by atoms with Gasteiger partial charge in [-0.2, -0.15) is 15.0 Å². The van der Waals surface area contributed by atoms with Crippen molar-refractivity contribution in [3.63, 3.8) is 0 Å². The van der Waals surface area contributed by atoms with Crippen LogP contribution >= 0.6 is 31.9 Å². The monoisotopic (exact) mass is 474 g/mol. The lowest BCUT2D eigenvalue weighted by atomic mass is 10.2. The summed E-state index contributed by atoms with van der Waals surface area (Å²) in [4.78, 5) is 21.0. The molecule has 3 aromatic rings. The van der Waals surface area contributed by atoms with Crippen LogP contribution in [0.4, 0.5) is 0 Å². The average molecular weight is 476 g/mol. The quantitative estimate of drug-likeness (QED) is 0.622. The molecule has 0 radical (unpaired) electrons. The molecule has 3 rings (SSSR count). The first kappa shape index (κ1) is 18.2.